The highest BCUT2D eigenvalue weighted by Gasteiger charge is 2.14. The van der Waals surface area contributed by atoms with Crippen LogP contribution < -0.4 is 4.90 Å². The molecule has 0 aliphatic rings. The second-order valence-electron chi connectivity index (χ2n) is 6.23. The van der Waals surface area contributed by atoms with Crippen molar-refractivity contribution in [3.63, 3.8) is 0 Å². The first kappa shape index (κ1) is 18.7. The predicted molar refractivity (Wildman–Crippen MR) is 107 cm³/mol. The number of benzene rings is 2. The van der Waals surface area contributed by atoms with Crippen LogP contribution in [-0.4, -0.2) is 22.3 Å². The van der Waals surface area contributed by atoms with Crippen molar-refractivity contribution in [1.82, 2.24) is 0 Å². The summed E-state index contributed by atoms with van der Waals surface area (Å²) in [7, 11) is -0.727. The minimum atomic E-state index is -0.727. The summed E-state index contributed by atoms with van der Waals surface area (Å²) in [5, 5.41) is 0.332. The molecule has 2 aromatic rings. The molecule has 130 valence electrons. The van der Waals surface area contributed by atoms with Gasteiger partial charge >= 0.3 is 0 Å². The average Bonchev–Trinajstić information content (AvgIpc) is 2.62. The lowest BCUT2D eigenvalue weighted by molar-refractivity contribution is 0.598. The van der Waals surface area contributed by atoms with Gasteiger partial charge < -0.3 is 4.90 Å². The normalized spacial score (nSPS) is 13.4. The molecule has 2 aromatic carbocycles. The van der Waals surface area contributed by atoms with Crippen molar-refractivity contribution in [3.8, 4) is 0 Å². The molecule has 2 nitrogen and oxygen atoms in total. The number of rotatable bonds is 10. The molecule has 0 spiro atoms. The Labute approximate surface area is 149 Å². The Morgan fingerprint density at radius 1 is 0.875 bits per heavy atom. The molecule has 2 atom stereocenters. The Morgan fingerprint density at radius 2 is 1.38 bits per heavy atom. The lowest BCUT2D eigenvalue weighted by Gasteiger charge is -2.26. The largest absolute Gasteiger partial charge is 0.341 e. The van der Waals surface area contributed by atoms with Gasteiger partial charge in [-0.2, -0.15) is 0 Å². The third-order valence-corrected chi connectivity index (χ3v) is 5.80. The smallest absolute Gasteiger partial charge is 0.0410 e. The van der Waals surface area contributed by atoms with E-state index < -0.39 is 10.8 Å². The van der Waals surface area contributed by atoms with Crippen molar-refractivity contribution in [3.05, 3.63) is 60.7 Å². The number of hydrogen-bond donors (Lipinski definition) is 0. The van der Waals surface area contributed by atoms with Gasteiger partial charge in [0, 0.05) is 40.2 Å². The molecule has 0 aliphatic carbocycles. The van der Waals surface area contributed by atoms with Gasteiger partial charge in [0.05, 0.1) is 0 Å². The lowest BCUT2D eigenvalue weighted by atomic mass is 10.1. The lowest BCUT2D eigenvalue weighted by Crippen LogP contribution is -2.21. The van der Waals surface area contributed by atoms with Gasteiger partial charge in [-0.1, -0.05) is 56.2 Å². The number of anilines is 2. The van der Waals surface area contributed by atoms with E-state index in [1.165, 1.54) is 24.2 Å². The molecular weight excluding hydrogens is 314 g/mol. The van der Waals surface area contributed by atoms with Gasteiger partial charge in [-0.05, 0) is 43.5 Å². The van der Waals surface area contributed by atoms with E-state index in [1.54, 1.807) is 0 Å². The molecule has 0 N–H and O–H groups in total. The van der Waals surface area contributed by atoms with Gasteiger partial charge in [-0.15, -0.1) is 0 Å². The van der Waals surface area contributed by atoms with Crippen molar-refractivity contribution >= 4 is 22.2 Å². The molecule has 0 amide bonds. The van der Waals surface area contributed by atoms with E-state index in [-0.39, 0.29) is 0 Å². The van der Waals surface area contributed by atoms with Gasteiger partial charge in [0.15, 0.2) is 0 Å². The summed E-state index contributed by atoms with van der Waals surface area (Å²) in [4.78, 5) is 2.36. The van der Waals surface area contributed by atoms with E-state index in [2.05, 4.69) is 60.4 Å². The van der Waals surface area contributed by atoms with Crippen molar-refractivity contribution < 1.29 is 4.21 Å². The van der Waals surface area contributed by atoms with Crippen LogP contribution in [0.4, 0.5) is 11.4 Å². The first-order valence-electron chi connectivity index (χ1n) is 8.92. The average molecular weight is 344 g/mol. The van der Waals surface area contributed by atoms with Gasteiger partial charge in [0.2, 0.25) is 0 Å². The Bertz CT molecular complexity index is 560. The van der Waals surface area contributed by atoms with Crippen molar-refractivity contribution in [2.75, 3.05) is 17.7 Å². The van der Waals surface area contributed by atoms with Gasteiger partial charge in [0.25, 0.3) is 0 Å². The molecule has 24 heavy (non-hydrogen) atoms. The second kappa shape index (κ2) is 10.3. The fourth-order valence-electron chi connectivity index (χ4n) is 3.01. The number of para-hydroxylation sites is 2. The van der Waals surface area contributed by atoms with E-state index in [9.17, 15) is 4.21 Å². The topological polar surface area (TPSA) is 20.3 Å². The van der Waals surface area contributed by atoms with E-state index in [0.29, 0.717) is 5.25 Å². The SMILES string of the molecule is CCCCC(CCCN(c1ccccc1)c1ccccc1)S(C)=O. The zero-order chi connectivity index (χ0) is 17.2. The highest BCUT2D eigenvalue weighted by molar-refractivity contribution is 7.84. The van der Waals surface area contributed by atoms with Crippen LogP contribution in [0.2, 0.25) is 0 Å². The van der Waals surface area contributed by atoms with Crippen LogP contribution in [0, 0.1) is 0 Å². The first-order chi connectivity index (χ1) is 11.7. The van der Waals surface area contributed by atoms with Crippen LogP contribution in [0.3, 0.4) is 0 Å². The third kappa shape index (κ3) is 5.79. The van der Waals surface area contributed by atoms with Crippen LogP contribution in [0.5, 0.6) is 0 Å². The second-order valence-corrected chi connectivity index (χ2v) is 7.89. The summed E-state index contributed by atoms with van der Waals surface area (Å²) >= 11 is 0. The number of nitrogens with zero attached hydrogens (tertiary/aromatic N) is 1. The maximum Gasteiger partial charge on any atom is 0.0410 e. The summed E-state index contributed by atoms with van der Waals surface area (Å²) in [5.41, 5.74) is 2.43. The van der Waals surface area contributed by atoms with Crippen molar-refractivity contribution in [2.45, 2.75) is 44.3 Å². The molecule has 2 rings (SSSR count). The van der Waals surface area contributed by atoms with Gasteiger partial charge in [-0.3, -0.25) is 4.21 Å². The summed E-state index contributed by atoms with van der Waals surface area (Å²) in [6.07, 6.45) is 7.36. The molecule has 0 aliphatic heterocycles. The zero-order valence-electron chi connectivity index (χ0n) is 14.9. The molecule has 0 heterocycles. The number of hydrogen-bond acceptors (Lipinski definition) is 2. The molecule has 0 radical (unpaired) electrons. The quantitative estimate of drug-likeness (QED) is 0.564. The Morgan fingerprint density at radius 3 is 1.83 bits per heavy atom. The number of unbranched alkanes of at least 4 members (excludes halogenated alkanes) is 1. The van der Waals surface area contributed by atoms with Crippen LogP contribution in [0.25, 0.3) is 0 Å². The predicted octanol–water partition coefficient (Wildman–Crippen LogP) is 5.54. The fraction of sp³-hybridized carbons (Fsp3) is 0.429. The zero-order valence-corrected chi connectivity index (χ0v) is 15.7. The molecule has 3 heteroatoms. The first-order valence-corrected chi connectivity index (χ1v) is 10.5. The van der Waals surface area contributed by atoms with E-state index in [0.717, 1.165) is 25.8 Å². The molecular formula is C21H29NOS. The van der Waals surface area contributed by atoms with Crippen LogP contribution in [-0.2, 0) is 10.8 Å². The molecule has 0 aromatic heterocycles. The minimum absolute atomic E-state index is 0.332. The Hall–Kier alpha value is -1.61. The molecule has 0 fully saturated rings. The Kier molecular flexibility index (Phi) is 8.03. The Balaban J connectivity index is 2.03. The van der Waals surface area contributed by atoms with Crippen molar-refractivity contribution in [2.24, 2.45) is 0 Å². The van der Waals surface area contributed by atoms with Gasteiger partial charge in [0.1, 0.15) is 0 Å². The van der Waals surface area contributed by atoms with E-state index in [1.807, 2.05) is 18.4 Å². The summed E-state index contributed by atoms with van der Waals surface area (Å²) < 4.78 is 12.0. The highest BCUT2D eigenvalue weighted by atomic mass is 32.2. The van der Waals surface area contributed by atoms with Gasteiger partial charge in [-0.25, -0.2) is 0 Å². The monoisotopic (exact) mass is 343 g/mol. The van der Waals surface area contributed by atoms with E-state index in [4.69, 9.17) is 0 Å². The third-order valence-electron chi connectivity index (χ3n) is 4.39. The maximum atomic E-state index is 12.0. The summed E-state index contributed by atoms with van der Waals surface area (Å²) in [6, 6.07) is 21.0. The van der Waals surface area contributed by atoms with Crippen molar-refractivity contribution in [1.29, 1.82) is 0 Å². The van der Waals surface area contributed by atoms with Crippen LogP contribution in [0.1, 0.15) is 39.0 Å². The molecule has 0 bridgehead atoms. The highest BCUT2D eigenvalue weighted by Crippen LogP contribution is 2.26. The molecule has 0 saturated heterocycles. The van der Waals surface area contributed by atoms with Crippen LogP contribution >= 0.6 is 0 Å². The molecule has 2 unspecified atom stereocenters. The summed E-state index contributed by atoms with van der Waals surface area (Å²) in [5.74, 6) is 0. The fourth-order valence-corrected chi connectivity index (χ4v) is 4.01. The van der Waals surface area contributed by atoms with Crippen LogP contribution in [0.15, 0.2) is 60.7 Å². The molecule has 0 saturated carbocycles. The standard InChI is InChI=1S/C21H29NOS/c1-3-4-16-21(24(2)23)17-11-18-22(19-12-7-5-8-13-19)20-14-9-6-10-15-20/h5-10,12-15,21H,3-4,11,16-18H2,1-2H3. The maximum absolute atomic E-state index is 12.0. The summed E-state index contributed by atoms with van der Waals surface area (Å²) in [6.45, 7) is 3.15. The van der Waals surface area contributed by atoms with E-state index >= 15 is 0 Å². The minimum Gasteiger partial charge on any atom is -0.341 e.